The third kappa shape index (κ3) is 2.75. The molecule has 2 nitrogen and oxygen atoms in total. The van der Waals surface area contributed by atoms with E-state index in [1.165, 1.54) is 12.8 Å². The Labute approximate surface area is 113 Å². The van der Waals surface area contributed by atoms with E-state index in [2.05, 4.69) is 39.5 Å². The van der Waals surface area contributed by atoms with Gasteiger partial charge in [0.05, 0.1) is 12.7 Å². The van der Waals surface area contributed by atoms with Crippen molar-refractivity contribution in [1.82, 2.24) is 4.90 Å². The summed E-state index contributed by atoms with van der Waals surface area (Å²) in [5.74, 6) is 2.67. The maximum absolute atomic E-state index is 6.18. The molecule has 106 valence electrons. The summed E-state index contributed by atoms with van der Waals surface area (Å²) in [4.78, 5) is 2.44. The lowest BCUT2D eigenvalue weighted by Gasteiger charge is -2.29. The molecule has 2 heteroatoms. The topological polar surface area (TPSA) is 12.5 Å². The SMILES string of the molecule is CCN(CC)CCO[C@@H]1C[C@@H]2[C@@H](C[C@@H]1C)C2(C)C. The Morgan fingerprint density at radius 1 is 1.11 bits per heavy atom. The van der Waals surface area contributed by atoms with Crippen LogP contribution in [0.5, 0.6) is 0 Å². The van der Waals surface area contributed by atoms with Gasteiger partial charge in [-0.15, -0.1) is 0 Å². The molecule has 0 spiro atoms. The van der Waals surface area contributed by atoms with Gasteiger partial charge in [0.2, 0.25) is 0 Å². The van der Waals surface area contributed by atoms with Gasteiger partial charge < -0.3 is 9.64 Å². The zero-order valence-electron chi connectivity index (χ0n) is 12.9. The number of rotatable bonds is 6. The molecule has 2 fully saturated rings. The predicted octanol–water partition coefficient (Wildman–Crippen LogP) is 3.42. The number of hydrogen-bond donors (Lipinski definition) is 0. The quantitative estimate of drug-likeness (QED) is 0.719. The molecule has 0 aliphatic heterocycles. The fourth-order valence-corrected chi connectivity index (χ4v) is 3.93. The number of ether oxygens (including phenoxy) is 1. The highest BCUT2D eigenvalue weighted by atomic mass is 16.5. The first-order valence-electron chi connectivity index (χ1n) is 7.84. The molecule has 0 N–H and O–H groups in total. The Balaban J connectivity index is 1.73. The van der Waals surface area contributed by atoms with Gasteiger partial charge in [-0.3, -0.25) is 0 Å². The molecule has 0 aromatic carbocycles. The Morgan fingerprint density at radius 3 is 2.33 bits per heavy atom. The highest BCUT2D eigenvalue weighted by Gasteiger charge is 2.60. The zero-order valence-corrected chi connectivity index (χ0v) is 12.9. The summed E-state index contributed by atoms with van der Waals surface area (Å²) >= 11 is 0. The maximum Gasteiger partial charge on any atom is 0.0604 e. The van der Waals surface area contributed by atoms with Crippen molar-refractivity contribution in [1.29, 1.82) is 0 Å². The zero-order chi connectivity index (χ0) is 13.3. The fraction of sp³-hybridized carbons (Fsp3) is 1.00. The molecule has 4 atom stereocenters. The normalized spacial score (nSPS) is 37.7. The van der Waals surface area contributed by atoms with E-state index in [4.69, 9.17) is 4.74 Å². The minimum Gasteiger partial charge on any atom is -0.377 e. The molecule has 2 aliphatic rings. The van der Waals surface area contributed by atoms with Gasteiger partial charge in [0, 0.05) is 6.54 Å². The Morgan fingerprint density at radius 2 is 1.72 bits per heavy atom. The summed E-state index contributed by atoms with van der Waals surface area (Å²) < 4.78 is 6.18. The summed E-state index contributed by atoms with van der Waals surface area (Å²) in [7, 11) is 0. The minimum atomic E-state index is 0.517. The van der Waals surface area contributed by atoms with Gasteiger partial charge in [-0.2, -0.15) is 0 Å². The van der Waals surface area contributed by atoms with Crippen LogP contribution in [-0.4, -0.2) is 37.2 Å². The minimum absolute atomic E-state index is 0.517. The van der Waals surface area contributed by atoms with Crippen molar-refractivity contribution in [2.75, 3.05) is 26.2 Å². The molecule has 18 heavy (non-hydrogen) atoms. The molecule has 0 aromatic heterocycles. The second kappa shape index (κ2) is 5.50. The molecule has 0 unspecified atom stereocenters. The van der Waals surface area contributed by atoms with Gasteiger partial charge in [0.1, 0.15) is 0 Å². The lowest BCUT2D eigenvalue weighted by Crippen LogP contribution is -2.32. The first-order valence-corrected chi connectivity index (χ1v) is 7.84. The van der Waals surface area contributed by atoms with E-state index >= 15 is 0 Å². The van der Waals surface area contributed by atoms with Gasteiger partial charge in [0.15, 0.2) is 0 Å². The number of nitrogens with zero attached hydrogens (tertiary/aromatic N) is 1. The third-order valence-corrected chi connectivity index (χ3v) is 5.67. The molecule has 0 amide bonds. The lowest BCUT2D eigenvalue weighted by molar-refractivity contribution is -0.0157. The second-order valence-electron chi connectivity index (χ2n) is 6.92. The van der Waals surface area contributed by atoms with Crippen molar-refractivity contribution < 1.29 is 4.74 Å². The van der Waals surface area contributed by atoms with E-state index in [1.54, 1.807) is 0 Å². The first kappa shape index (κ1) is 14.3. The summed E-state index contributed by atoms with van der Waals surface area (Å²) in [5.41, 5.74) is 0.602. The van der Waals surface area contributed by atoms with Gasteiger partial charge in [0.25, 0.3) is 0 Å². The van der Waals surface area contributed by atoms with Crippen LogP contribution < -0.4 is 0 Å². The lowest BCUT2D eigenvalue weighted by atomic mass is 9.88. The van der Waals surface area contributed by atoms with Crippen molar-refractivity contribution in [3.63, 3.8) is 0 Å². The summed E-state index contributed by atoms with van der Waals surface area (Å²) in [6.07, 6.45) is 3.20. The number of fused-ring (bicyclic) bond motifs is 1. The van der Waals surface area contributed by atoms with Crippen LogP contribution in [0.4, 0.5) is 0 Å². The van der Waals surface area contributed by atoms with E-state index in [0.717, 1.165) is 44.0 Å². The van der Waals surface area contributed by atoms with Crippen LogP contribution in [-0.2, 0) is 4.74 Å². The van der Waals surface area contributed by atoms with Gasteiger partial charge >= 0.3 is 0 Å². The number of likely N-dealkylation sites (N-methyl/N-ethyl adjacent to an activating group) is 1. The van der Waals surface area contributed by atoms with Crippen LogP contribution in [0, 0.1) is 23.2 Å². The molecule has 0 bridgehead atoms. The van der Waals surface area contributed by atoms with E-state index in [-0.39, 0.29) is 0 Å². The maximum atomic E-state index is 6.18. The van der Waals surface area contributed by atoms with Crippen molar-refractivity contribution in [2.24, 2.45) is 23.2 Å². The Hall–Kier alpha value is -0.0800. The van der Waals surface area contributed by atoms with Crippen molar-refractivity contribution in [3.05, 3.63) is 0 Å². The van der Waals surface area contributed by atoms with Crippen LogP contribution in [0.1, 0.15) is 47.5 Å². The van der Waals surface area contributed by atoms with E-state index in [9.17, 15) is 0 Å². The summed E-state index contributed by atoms with van der Waals surface area (Å²) in [6.45, 7) is 16.0. The van der Waals surface area contributed by atoms with Crippen LogP contribution in [0.2, 0.25) is 0 Å². The van der Waals surface area contributed by atoms with Crippen LogP contribution in [0.15, 0.2) is 0 Å². The van der Waals surface area contributed by atoms with Crippen molar-refractivity contribution in [2.45, 2.75) is 53.6 Å². The number of hydrogen-bond acceptors (Lipinski definition) is 2. The summed E-state index contributed by atoms with van der Waals surface area (Å²) in [5, 5.41) is 0. The van der Waals surface area contributed by atoms with Crippen molar-refractivity contribution in [3.8, 4) is 0 Å². The van der Waals surface area contributed by atoms with Crippen LogP contribution in [0.3, 0.4) is 0 Å². The van der Waals surface area contributed by atoms with E-state index in [0.29, 0.717) is 11.5 Å². The van der Waals surface area contributed by atoms with E-state index < -0.39 is 0 Å². The third-order valence-electron chi connectivity index (χ3n) is 5.67. The van der Waals surface area contributed by atoms with Gasteiger partial charge in [-0.1, -0.05) is 34.6 Å². The molecule has 2 saturated carbocycles. The van der Waals surface area contributed by atoms with Gasteiger partial charge in [-0.05, 0) is 49.1 Å². The molecular weight excluding hydrogens is 222 g/mol. The molecule has 2 rings (SSSR count). The molecule has 0 radical (unpaired) electrons. The van der Waals surface area contributed by atoms with Crippen LogP contribution >= 0.6 is 0 Å². The molecule has 0 aromatic rings. The summed E-state index contributed by atoms with van der Waals surface area (Å²) in [6, 6.07) is 0. The smallest absolute Gasteiger partial charge is 0.0604 e. The highest BCUT2D eigenvalue weighted by Crippen LogP contribution is 2.66. The monoisotopic (exact) mass is 253 g/mol. The fourth-order valence-electron chi connectivity index (χ4n) is 3.93. The average Bonchev–Trinajstić information content (AvgIpc) is 2.86. The predicted molar refractivity (Wildman–Crippen MR) is 76.7 cm³/mol. The van der Waals surface area contributed by atoms with Gasteiger partial charge in [-0.25, -0.2) is 0 Å². The second-order valence-corrected chi connectivity index (χ2v) is 6.92. The Bertz CT molecular complexity index is 272. The van der Waals surface area contributed by atoms with Crippen LogP contribution in [0.25, 0.3) is 0 Å². The Kier molecular flexibility index (Phi) is 4.38. The molecule has 0 saturated heterocycles. The van der Waals surface area contributed by atoms with Crippen molar-refractivity contribution >= 4 is 0 Å². The molecular formula is C16H31NO. The van der Waals surface area contributed by atoms with E-state index in [1.807, 2.05) is 0 Å². The standard InChI is InChI=1S/C16H31NO/c1-6-17(7-2)8-9-18-15-11-14-13(10-12(15)3)16(14,4)5/h12-15H,6-11H2,1-5H3/t12-,13+,14+,15+/m0/s1. The largest absolute Gasteiger partial charge is 0.377 e. The molecule has 0 heterocycles. The molecule has 2 aliphatic carbocycles. The highest BCUT2D eigenvalue weighted by molar-refractivity contribution is 5.09. The first-order chi connectivity index (χ1) is 8.50. The average molecular weight is 253 g/mol.